The highest BCUT2D eigenvalue weighted by atomic mass is 35.5. The van der Waals surface area contributed by atoms with Crippen LogP contribution in [0.1, 0.15) is 56.1 Å². The average molecular weight is 382 g/mol. The molecule has 0 unspecified atom stereocenters. The van der Waals surface area contributed by atoms with Crippen molar-refractivity contribution in [3.63, 3.8) is 0 Å². The van der Waals surface area contributed by atoms with Gasteiger partial charge in [0.1, 0.15) is 17.1 Å². The number of aliphatic imine (C=N–C) groups is 1. The summed E-state index contributed by atoms with van der Waals surface area (Å²) in [6, 6.07) is 9.40. The van der Waals surface area contributed by atoms with Gasteiger partial charge in [0.15, 0.2) is 0 Å². The molecule has 0 atom stereocenters. The molecular formula is C23H24ClNO2. The number of phenolic OH excluding ortho intramolecular Hbond substituents is 1. The van der Waals surface area contributed by atoms with Gasteiger partial charge in [-0.15, -0.1) is 0 Å². The number of rotatable bonds is 2. The van der Waals surface area contributed by atoms with Gasteiger partial charge in [0.2, 0.25) is 0 Å². The van der Waals surface area contributed by atoms with Crippen LogP contribution in [0.25, 0.3) is 11.0 Å². The second-order valence-corrected chi connectivity index (χ2v) is 8.69. The van der Waals surface area contributed by atoms with Crippen LogP contribution >= 0.6 is 11.6 Å². The number of halogens is 1. The molecule has 1 aromatic heterocycles. The van der Waals surface area contributed by atoms with Crippen molar-refractivity contribution in [3.05, 3.63) is 57.8 Å². The van der Waals surface area contributed by atoms with Crippen LogP contribution in [-0.2, 0) is 18.3 Å². The normalized spacial score (nSPS) is 14.8. The Bertz CT molecular complexity index is 1040. The van der Waals surface area contributed by atoms with Gasteiger partial charge in [0.05, 0.1) is 5.69 Å². The van der Waals surface area contributed by atoms with Gasteiger partial charge in [-0.1, -0.05) is 38.4 Å². The Hall–Kier alpha value is -2.26. The minimum Gasteiger partial charge on any atom is -0.507 e. The van der Waals surface area contributed by atoms with Crippen LogP contribution in [-0.4, -0.2) is 11.3 Å². The van der Waals surface area contributed by atoms with E-state index in [0.29, 0.717) is 5.02 Å². The van der Waals surface area contributed by atoms with Gasteiger partial charge in [0, 0.05) is 39.7 Å². The summed E-state index contributed by atoms with van der Waals surface area (Å²) in [6.45, 7) is 6.28. The number of hydrogen-bond donors (Lipinski definition) is 1. The minimum atomic E-state index is -0.204. The van der Waals surface area contributed by atoms with E-state index in [1.165, 1.54) is 5.56 Å². The van der Waals surface area contributed by atoms with Crippen molar-refractivity contribution in [1.82, 2.24) is 0 Å². The van der Waals surface area contributed by atoms with Crippen LogP contribution < -0.4 is 0 Å². The lowest BCUT2D eigenvalue weighted by Crippen LogP contribution is -2.12. The average Bonchev–Trinajstić information content (AvgIpc) is 2.98. The van der Waals surface area contributed by atoms with E-state index in [1.807, 2.05) is 30.3 Å². The Morgan fingerprint density at radius 1 is 1.15 bits per heavy atom. The molecule has 1 heterocycles. The molecule has 0 bridgehead atoms. The molecule has 1 aliphatic rings. The second-order valence-electron chi connectivity index (χ2n) is 8.26. The van der Waals surface area contributed by atoms with E-state index in [0.717, 1.165) is 59.2 Å². The number of phenols is 1. The number of aryl methyl sites for hydroxylation is 2. The summed E-state index contributed by atoms with van der Waals surface area (Å²) in [4.78, 5) is 4.59. The fraction of sp³-hybridized carbons (Fsp3) is 0.348. The van der Waals surface area contributed by atoms with Gasteiger partial charge in [-0.2, -0.15) is 0 Å². The van der Waals surface area contributed by atoms with Gasteiger partial charge in [0.25, 0.3) is 0 Å². The predicted octanol–water partition coefficient (Wildman–Crippen LogP) is 6.72. The van der Waals surface area contributed by atoms with Crippen LogP contribution in [0.2, 0.25) is 5.02 Å². The minimum absolute atomic E-state index is 0.204. The summed E-state index contributed by atoms with van der Waals surface area (Å²) in [5, 5.41) is 12.8. The van der Waals surface area contributed by atoms with E-state index in [-0.39, 0.29) is 11.2 Å². The van der Waals surface area contributed by atoms with Gasteiger partial charge >= 0.3 is 0 Å². The first-order valence-corrected chi connectivity index (χ1v) is 9.83. The van der Waals surface area contributed by atoms with E-state index < -0.39 is 0 Å². The predicted molar refractivity (Wildman–Crippen MR) is 112 cm³/mol. The van der Waals surface area contributed by atoms with Crippen molar-refractivity contribution in [2.24, 2.45) is 4.99 Å². The molecule has 3 aromatic rings. The number of aromatic hydroxyl groups is 1. The van der Waals surface area contributed by atoms with Crippen molar-refractivity contribution < 1.29 is 9.52 Å². The highest BCUT2D eigenvalue weighted by Gasteiger charge is 2.27. The summed E-state index contributed by atoms with van der Waals surface area (Å²) in [5.41, 5.74) is 4.23. The van der Waals surface area contributed by atoms with Crippen molar-refractivity contribution in [3.8, 4) is 5.75 Å². The molecule has 0 fully saturated rings. The molecule has 2 aromatic carbocycles. The van der Waals surface area contributed by atoms with E-state index in [9.17, 15) is 5.11 Å². The quantitative estimate of drug-likeness (QED) is 0.501. The fourth-order valence-corrected chi connectivity index (χ4v) is 4.02. The molecule has 140 valence electrons. The lowest BCUT2D eigenvalue weighted by atomic mass is 9.83. The van der Waals surface area contributed by atoms with Crippen molar-refractivity contribution in [2.45, 2.75) is 51.9 Å². The van der Waals surface area contributed by atoms with Gasteiger partial charge in [-0.3, -0.25) is 4.99 Å². The second kappa shape index (κ2) is 6.72. The maximum Gasteiger partial charge on any atom is 0.135 e. The summed E-state index contributed by atoms with van der Waals surface area (Å²) in [7, 11) is 0. The third kappa shape index (κ3) is 3.37. The molecule has 0 spiro atoms. The van der Waals surface area contributed by atoms with E-state index in [4.69, 9.17) is 16.0 Å². The van der Waals surface area contributed by atoms with Crippen molar-refractivity contribution in [1.29, 1.82) is 0 Å². The maximum absolute atomic E-state index is 11.1. The van der Waals surface area contributed by atoms with Crippen molar-refractivity contribution >= 4 is 34.5 Å². The topological polar surface area (TPSA) is 45.7 Å². The highest BCUT2D eigenvalue weighted by molar-refractivity contribution is 6.30. The molecular weight excluding hydrogens is 358 g/mol. The zero-order chi connectivity index (χ0) is 19.2. The molecule has 3 nitrogen and oxygen atoms in total. The number of furan rings is 1. The van der Waals surface area contributed by atoms with Crippen LogP contribution in [0.15, 0.2) is 39.7 Å². The Morgan fingerprint density at radius 2 is 1.93 bits per heavy atom. The van der Waals surface area contributed by atoms with E-state index in [1.54, 1.807) is 6.21 Å². The Kier molecular flexibility index (Phi) is 4.51. The standard InChI is InChI=1S/C23H24ClNO2/c1-23(2,3)18-12-20-21(16-9-4-5-10-19(16)27-20)17(22(18)26)13-25-15-8-6-7-14(24)11-15/h6-8,11-13,26H,4-5,9-10H2,1-3H3. The SMILES string of the molecule is CC(C)(C)c1cc2oc3c(c2c(C=Nc2cccc(Cl)c2)c1O)CCCC3. The summed E-state index contributed by atoms with van der Waals surface area (Å²) >= 11 is 6.08. The van der Waals surface area contributed by atoms with Gasteiger partial charge < -0.3 is 9.52 Å². The van der Waals surface area contributed by atoms with Gasteiger partial charge in [-0.25, -0.2) is 0 Å². The first-order valence-electron chi connectivity index (χ1n) is 9.45. The molecule has 27 heavy (non-hydrogen) atoms. The first kappa shape index (κ1) is 18.1. The smallest absolute Gasteiger partial charge is 0.135 e. The Labute approximate surface area is 164 Å². The molecule has 0 saturated carbocycles. The molecule has 1 aliphatic carbocycles. The van der Waals surface area contributed by atoms with Crippen LogP contribution in [0, 0.1) is 0 Å². The fourth-order valence-electron chi connectivity index (χ4n) is 3.84. The van der Waals surface area contributed by atoms with Crippen LogP contribution in [0.5, 0.6) is 5.75 Å². The molecule has 0 radical (unpaired) electrons. The summed E-state index contributed by atoms with van der Waals surface area (Å²) in [5.74, 6) is 1.34. The zero-order valence-electron chi connectivity index (χ0n) is 16.0. The largest absolute Gasteiger partial charge is 0.507 e. The molecule has 1 N–H and O–H groups in total. The zero-order valence-corrected chi connectivity index (χ0v) is 16.7. The molecule has 4 rings (SSSR count). The number of benzene rings is 2. The third-order valence-corrected chi connectivity index (χ3v) is 5.45. The number of fused-ring (bicyclic) bond motifs is 3. The lowest BCUT2D eigenvalue weighted by Gasteiger charge is -2.21. The van der Waals surface area contributed by atoms with Gasteiger partial charge in [-0.05, 0) is 48.9 Å². The van der Waals surface area contributed by atoms with Crippen molar-refractivity contribution in [2.75, 3.05) is 0 Å². The maximum atomic E-state index is 11.1. The first-order chi connectivity index (χ1) is 12.8. The molecule has 0 amide bonds. The van der Waals surface area contributed by atoms with E-state index >= 15 is 0 Å². The summed E-state index contributed by atoms with van der Waals surface area (Å²) in [6.07, 6.45) is 5.99. The Balaban J connectivity index is 1.95. The molecule has 0 aliphatic heterocycles. The molecule has 4 heteroatoms. The third-order valence-electron chi connectivity index (χ3n) is 5.21. The Morgan fingerprint density at radius 3 is 2.67 bits per heavy atom. The van der Waals surface area contributed by atoms with Crippen LogP contribution in [0.4, 0.5) is 5.69 Å². The lowest BCUT2D eigenvalue weighted by molar-refractivity contribution is 0.446. The van der Waals surface area contributed by atoms with Crippen LogP contribution in [0.3, 0.4) is 0 Å². The number of hydrogen-bond acceptors (Lipinski definition) is 3. The molecule has 0 saturated heterocycles. The monoisotopic (exact) mass is 381 g/mol. The highest BCUT2D eigenvalue weighted by Crippen LogP contribution is 2.42. The van der Waals surface area contributed by atoms with E-state index in [2.05, 4.69) is 25.8 Å². The number of nitrogens with zero attached hydrogens (tertiary/aromatic N) is 1. The summed E-state index contributed by atoms with van der Waals surface area (Å²) < 4.78 is 6.20.